The third-order valence-corrected chi connectivity index (χ3v) is 3.48. The second-order valence-corrected chi connectivity index (χ2v) is 4.71. The summed E-state index contributed by atoms with van der Waals surface area (Å²) in [6.07, 6.45) is 5.53. The third-order valence-electron chi connectivity index (χ3n) is 3.48. The van der Waals surface area contributed by atoms with Crippen molar-refractivity contribution in [2.24, 2.45) is 11.1 Å². The highest BCUT2D eigenvalue weighted by atomic mass is 16.1. The lowest BCUT2D eigenvalue weighted by Gasteiger charge is -2.40. The van der Waals surface area contributed by atoms with Crippen molar-refractivity contribution in [2.75, 3.05) is 11.9 Å². The molecule has 5 nitrogen and oxygen atoms in total. The van der Waals surface area contributed by atoms with E-state index in [-0.39, 0.29) is 11.3 Å². The summed E-state index contributed by atoms with van der Waals surface area (Å²) < 4.78 is 0. The molecule has 88 valence electrons. The minimum Gasteiger partial charge on any atom is -0.330 e. The van der Waals surface area contributed by atoms with Crippen molar-refractivity contribution in [3.63, 3.8) is 0 Å². The number of rotatable bonds is 4. The van der Waals surface area contributed by atoms with Gasteiger partial charge in [0, 0.05) is 12.0 Å². The number of hydrogen-bond donors (Lipinski definition) is 3. The fraction of sp³-hybridized carbons (Fsp3) is 0.636. The summed E-state index contributed by atoms with van der Waals surface area (Å²) >= 11 is 0. The van der Waals surface area contributed by atoms with Crippen LogP contribution in [-0.4, -0.2) is 22.6 Å². The number of carbonyl (C=O) groups excluding carboxylic acids is 1. The first-order chi connectivity index (χ1) is 7.65. The van der Waals surface area contributed by atoms with Crippen molar-refractivity contribution >= 4 is 11.7 Å². The minimum atomic E-state index is 0.0255. The molecule has 1 aliphatic carbocycles. The molecule has 1 aromatic rings. The maximum absolute atomic E-state index is 11.8. The number of carbonyl (C=O) groups is 1. The molecule has 0 unspecified atom stereocenters. The van der Waals surface area contributed by atoms with Crippen LogP contribution >= 0.6 is 0 Å². The summed E-state index contributed by atoms with van der Waals surface area (Å²) in [5.74, 6) is 0.717. The van der Waals surface area contributed by atoms with Crippen LogP contribution in [0.4, 0.5) is 5.82 Å². The summed E-state index contributed by atoms with van der Waals surface area (Å²) in [4.78, 5) is 11.8. The molecule has 1 aliphatic rings. The van der Waals surface area contributed by atoms with Gasteiger partial charge in [-0.15, -0.1) is 0 Å². The number of nitrogens with zero attached hydrogens (tertiary/aromatic N) is 1. The molecule has 1 saturated carbocycles. The Morgan fingerprint density at radius 1 is 1.69 bits per heavy atom. The fourth-order valence-corrected chi connectivity index (χ4v) is 2.13. The van der Waals surface area contributed by atoms with E-state index in [0.717, 1.165) is 18.4 Å². The molecular weight excluding hydrogens is 204 g/mol. The van der Waals surface area contributed by atoms with E-state index in [1.165, 1.54) is 6.42 Å². The zero-order valence-electron chi connectivity index (χ0n) is 9.55. The van der Waals surface area contributed by atoms with Crippen LogP contribution in [0.15, 0.2) is 6.20 Å². The Kier molecular flexibility index (Phi) is 2.96. The van der Waals surface area contributed by atoms with Crippen LogP contribution in [0.25, 0.3) is 0 Å². The number of amides is 1. The highest BCUT2D eigenvalue weighted by molar-refractivity contribution is 5.90. The number of aromatic nitrogens is 2. The van der Waals surface area contributed by atoms with E-state index < -0.39 is 0 Å². The highest BCUT2D eigenvalue weighted by Crippen LogP contribution is 2.43. The molecule has 0 spiro atoms. The molecule has 4 N–H and O–H groups in total. The number of nitrogens with two attached hydrogens (primary N) is 1. The van der Waals surface area contributed by atoms with Gasteiger partial charge in [0.1, 0.15) is 5.82 Å². The first-order valence-corrected chi connectivity index (χ1v) is 5.65. The van der Waals surface area contributed by atoms with Crippen molar-refractivity contribution in [2.45, 2.75) is 32.6 Å². The maximum atomic E-state index is 11.8. The normalized spacial score (nSPS) is 17.9. The van der Waals surface area contributed by atoms with Gasteiger partial charge in [0.15, 0.2) is 0 Å². The van der Waals surface area contributed by atoms with Crippen LogP contribution in [-0.2, 0) is 4.79 Å². The molecule has 2 rings (SSSR count). The Morgan fingerprint density at radius 2 is 2.44 bits per heavy atom. The Hall–Kier alpha value is -1.36. The van der Waals surface area contributed by atoms with Gasteiger partial charge in [0.25, 0.3) is 0 Å². The molecule has 0 bridgehead atoms. The number of nitrogens with one attached hydrogen (secondary N) is 2. The predicted octanol–water partition coefficient (Wildman–Crippen LogP) is 1.18. The van der Waals surface area contributed by atoms with Gasteiger partial charge in [-0.05, 0) is 31.7 Å². The molecular formula is C11H18N4O. The Labute approximate surface area is 94.8 Å². The zero-order valence-corrected chi connectivity index (χ0v) is 9.55. The molecule has 0 aliphatic heterocycles. The van der Waals surface area contributed by atoms with E-state index >= 15 is 0 Å². The summed E-state index contributed by atoms with van der Waals surface area (Å²) in [6, 6.07) is 0. The van der Waals surface area contributed by atoms with E-state index in [1.807, 2.05) is 6.92 Å². The monoisotopic (exact) mass is 222 g/mol. The van der Waals surface area contributed by atoms with E-state index in [0.29, 0.717) is 18.8 Å². The first-order valence-electron chi connectivity index (χ1n) is 5.65. The summed E-state index contributed by atoms with van der Waals surface area (Å²) in [5, 5.41) is 9.46. The molecule has 1 amide bonds. The second-order valence-electron chi connectivity index (χ2n) is 4.71. The van der Waals surface area contributed by atoms with Crippen molar-refractivity contribution < 1.29 is 4.79 Å². The van der Waals surface area contributed by atoms with E-state index in [4.69, 9.17) is 5.73 Å². The maximum Gasteiger partial charge on any atom is 0.226 e. The smallest absolute Gasteiger partial charge is 0.226 e. The van der Waals surface area contributed by atoms with Crippen molar-refractivity contribution in [1.82, 2.24) is 10.2 Å². The lowest BCUT2D eigenvalue weighted by atomic mass is 9.66. The van der Waals surface area contributed by atoms with Gasteiger partial charge >= 0.3 is 0 Å². The number of hydrogen-bond acceptors (Lipinski definition) is 3. The molecule has 1 heterocycles. The average molecular weight is 222 g/mol. The van der Waals surface area contributed by atoms with Crippen LogP contribution < -0.4 is 11.1 Å². The molecule has 1 fully saturated rings. The summed E-state index contributed by atoms with van der Waals surface area (Å²) in [6.45, 7) is 2.50. The third kappa shape index (κ3) is 2.09. The zero-order chi connectivity index (χ0) is 11.6. The fourth-order valence-electron chi connectivity index (χ4n) is 2.13. The van der Waals surface area contributed by atoms with Gasteiger partial charge in [-0.3, -0.25) is 9.89 Å². The van der Waals surface area contributed by atoms with E-state index in [2.05, 4.69) is 15.5 Å². The molecule has 0 atom stereocenters. The van der Waals surface area contributed by atoms with Crippen molar-refractivity contribution in [1.29, 1.82) is 0 Å². The van der Waals surface area contributed by atoms with Crippen LogP contribution in [0.2, 0.25) is 0 Å². The number of anilines is 1. The van der Waals surface area contributed by atoms with Crippen molar-refractivity contribution in [3.8, 4) is 0 Å². The van der Waals surface area contributed by atoms with Gasteiger partial charge < -0.3 is 11.1 Å². The molecule has 5 heteroatoms. The molecule has 0 aromatic carbocycles. The molecule has 1 aromatic heterocycles. The second kappa shape index (κ2) is 4.25. The quantitative estimate of drug-likeness (QED) is 0.715. The highest BCUT2D eigenvalue weighted by Gasteiger charge is 2.37. The number of H-pyrrole nitrogens is 1. The number of aryl methyl sites for hydroxylation is 1. The van der Waals surface area contributed by atoms with Crippen molar-refractivity contribution in [3.05, 3.63) is 11.8 Å². The first kappa shape index (κ1) is 11.1. The van der Waals surface area contributed by atoms with E-state index in [1.54, 1.807) is 6.20 Å². The lowest BCUT2D eigenvalue weighted by Crippen LogP contribution is -2.40. The topological polar surface area (TPSA) is 83.8 Å². The van der Waals surface area contributed by atoms with Gasteiger partial charge in [0.2, 0.25) is 5.91 Å². The van der Waals surface area contributed by atoms with Crippen LogP contribution in [0.3, 0.4) is 0 Å². The SMILES string of the molecule is Cc1cn[nH]c1NC(=O)CC1(CN)CCC1. The molecule has 0 saturated heterocycles. The average Bonchev–Trinajstić information content (AvgIpc) is 2.58. The lowest BCUT2D eigenvalue weighted by molar-refractivity contribution is -0.119. The largest absolute Gasteiger partial charge is 0.330 e. The van der Waals surface area contributed by atoms with Gasteiger partial charge in [-0.25, -0.2) is 0 Å². The Morgan fingerprint density at radius 3 is 2.88 bits per heavy atom. The van der Waals surface area contributed by atoms with Gasteiger partial charge in [-0.1, -0.05) is 6.42 Å². The number of aromatic amines is 1. The Balaban J connectivity index is 1.92. The van der Waals surface area contributed by atoms with Gasteiger partial charge in [-0.2, -0.15) is 5.10 Å². The predicted molar refractivity (Wildman–Crippen MR) is 61.9 cm³/mol. The van der Waals surface area contributed by atoms with Crippen LogP contribution in [0, 0.1) is 12.3 Å². The summed E-state index contributed by atoms with van der Waals surface area (Å²) in [7, 11) is 0. The minimum absolute atomic E-state index is 0.0255. The standard InChI is InChI=1S/C11H18N4O/c1-8-6-13-15-10(8)14-9(16)5-11(7-12)3-2-4-11/h6H,2-5,7,12H2,1H3,(H2,13,14,15,16). The Bertz CT molecular complexity index is 376. The molecule has 16 heavy (non-hydrogen) atoms. The van der Waals surface area contributed by atoms with E-state index in [9.17, 15) is 4.79 Å². The van der Waals surface area contributed by atoms with Crippen LogP contribution in [0.5, 0.6) is 0 Å². The van der Waals surface area contributed by atoms with Crippen LogP contribution in [0.1, 0.15) is 31.2 Å². The summed E-state index contributed by atoms with van der Waals surface area (Å²) in [5.41, 5.74) is 6.72. The molecule has 0 radical (unpaired) electrons. The van der Waals surface area contributed by atoms with Gasteiger partial charge in [0.05, 0.1) is 6.20 Å².